The van der Waals surface area contributed by atoms with Crippen LogP contribution in [0.1, 0.15) is 31.2 Å². The molecule has 3 amide bonds. The van der Waals surface area contributed by atoms with E-state index in [1.165, 1.54) is 4.90 Å². The molecule has 3 saturated heterocycles. The number of allylic oxidation sites excluding steroid dienone is 2. The van der Waals surface area contributed by atoms with E-state index < -0.39 is 5.41 Å². The molecule has 1 aromatic rings. The van der Waals surface area contributed by atoms with E-state index in [0.717, 1.165) is 5.56 Å². The molecular weight excluding hydrogens is 368 g/mol. The Labute approximate surface area is 170 Å². The predicted molar refractivity (Wildman–Crippen MR) is 106 cm³/mol. The van der Waals surface area contributed by atoms with E-state index in [9.17, 15) is 14.4 Å². The predicted octanol–water partition coefficient (Wildman–Crippen LogP) is 1.90. The Hall–Kier alpha value is -2.47. The summed E-state index contributed by atoms with van der Waals surface area (Å²) >= 11 is 0. The Kier molecular flexibility index (Phi) is 4.54. The van der Waals surface area contributed by atoms with Crippen LogP contribution < -0.4 is 0 Å². The minimum atomic E-state index is -0.568. The number of benzene rings is 1. The monoisotopic (exact) mass is 394 g/mol. The smallest absolute Gasteiger partial charge is 0.233 e. The lowest BCUT2D eigenvalue weighted by molar-refractivity contribution is -0.157. The molecule has 0 bridgehead atoms. The van der Waals surface area contributed by atoms with E-state index in [4.69, 9.17) is 4.74 Å². The van der Waals surface area contributed by atoms with Crippen LogP contribution in [0.4, 0.5) is 0 Å². The summed E-state index contributed by atoms with van der Waals surface area (Å²) in [6.07, 6.45) is 6.63. The SMILES string of the molecule is O=C1C2CC=CCC2C(=O)N1C1CN(C(=O)C2(c3ccccc3)CCOCC2)C1. The first-order valence-corrected chi connectivity index (χ1v) is 10.6. The fourth-order valence-corrected chi connectivity index (χ4v) is 5.38. The molecule has 0 spiro atoms. The summed E-state index contributed by atoms with van der Waals surface area (Å²) in [5.41, 5.74) is 0.462. The van der Waals surface area contributed by atoms with E-state index >= 15 is 0 Å². The number of ether oxygens (including phenoxy) is 1. The van der Waals surface area contributed by atoms with Crippen LogP contribution in [0.5, 0.6) is 0 Å². The molecule has 1 aromatic carbocycles. The number of amides is 3. The minimum Gasteiger partial charge on any atom is -0.381 e. The molecule has 0 radical (unpaired) electrons. The number of hydrogen-bond donors (Lipinski definition) is 0. The molecule has 4 aliphatic rings. The minimum absolute atomic E-state index is 0.0507. The number of carbonyl (C=O) groups excluding carboxylic acids is 3. The summed E-state index contributed by atoms with van der Waals surface area (Å²) in [6, 6.07) is 9.75. The number of imide groups is 1. The number of fused-ring (bicyclic) bond motifs is 1. The molecular formula is C23H26N2O4. The number of nitrogens with zero attached hydrogens (tertiary/aromatic N) is 2. The molecule has 3 heterocycles. The van der Waals surface area contributed by atoms with Crippen LogP contribution in [0.2, 0.25) is 0 Å². The zero-order valence-electron chi connectivity index (χ0n) is 16.5. The van der Waals surface area contributed by atoms with Gasteiger partial charge < -0.3 is 9.64 Å². The standard InChI is InChI=1S/C23H26N2O4/c26-20-18-8-4-5-9-19(18)21(27)25(20)17-14-24(15-17)22(28)23(10-12-29-13-11-23)16-6-2-1-3-7-16/h1-7,17-19H,8-15H2. The van der Waals surface area contributed by atoms with Crippen LogP contribution >= 0.6 is 0 Å². The van der Waals surface area contributed by atoms with Gasteiger partial charge in [-0.2, -0.15) is 0 Å². The van der Waals surface area contributed by atoms with Crippen LogP contribution in [0, 0.1) is 11.8 Å². The number of carbonyl (C=O) groups is 3. The molecule has 152 valence electrons. The molecule has 3 fully saturated rings. The highest BCUT2D eigenvalue weighted by Crippen LogP contribution is 2.40. The van der Waals surface area contributed by atoms with Crippen LogP contribution in [-0.4, -0.2) is 59.9 Å². The Bertz CT molecular complexity index is 827. The van der Waals surface area contributed by atoms with Crippen LogP contribution in [0.25, 0.3) is 0 Å². The van der Waals surface area contributed by atoms with Gasteiger partial charge in [0.2, 0.25) is 17.7 Å². The molecule has 5 rings (SSSR count). The van der Waals surface area contributed by atoms with E-state index in [1.807, 2.05) is 47.4 Å². The summed E-state index contributed by atoms with van der Waals surface area (Å²) in [5.74, 6) is -0.413. The third kappa shape index (κ3) is 2.84. The molecule has 2 atom stereocenters. The Morgan fingerprint density at radius 2 is 1.52 bits per heavy atom. The van der Waals surface area contributed by atoms with Gasteiger partial charge in [-0.3, -0.25) is 19.3 Å². The Morgan fingerprint density at radius 3 is 2.10 bits per heavy atom. The van der Waals surface area contributed by atoms with Gasteiger partial charge >= 0.3 is 0 Å². The third-order valence-electron chi connectivity index (χ3n) is 7.14. The molecule has 0 N–H and O–H groups in total. The normalized spacial score (nSPS) is 29.0. The zero-order chi connectivity index (χ0) is 20.0. The zero-order valence-corrected chi connectivity index (χ0v) is 16.5. The fourth-order valence-electron chi connectivity index (χ4n) is 5.38. The second kappa shape index (κ2) is 7.10. The van der Waals surface area contributed by atoms with Crippen molar-refractivity contribution in [2.45, 2.75) is 37.1 Å². The van der Waals surface area contributed by atoms with Crippen molar-refractivity contribution in [2.75, 3.05) is 26.3 Å². The van der Waals surface area contributed by atoms with E-state index in [1.54, 1.807) is 0 Å². The van der Waals surface area contributed by atoms with E-state index in [0.29, 0.717) is 52.0 Å². The number of rotatable bonds is 3. The van der Waals surface area contributed by atoms with Crippen molar-refractivity contribution >= 4 is 17.7 Å². The van der Waals surface area contributed by atoms with Crippen molar-refractivity contribution in [2.24, 2.45) is 11.8 Å². The quantitative estimate of drug-likeness (QED) is 0.580. The van der Waals surface area contributed by atoms with Gasteiger partial charge in [-0.15, -0.1) is 0 Å². The highest BCUT2D eigenvalue weighted by atomic mass is 16.5. The molecule has 1 aliphatic carbocycles. The maximum atomic E-state index is 13.5. The first-order valence-electron chi connectivity index (χ1n) is 10.6. The van der Waals surface area contributed by atoms with Gasteiger partial charge in [-0.25, -0.2) is 0 Å². The summed E-state index contributed by atoms with van der Waals surface area (Å²) in [6.45, 7) is 2.02. The molecule has 0 aromatic heterocycles. The van der Waals surface area contributed by atoms with Gasteiger partial charge in [0.1, 0.15) is 0 Å². The highest BCUT2D eigenvalue weighted by molar-refractivity contribution is 6.06. The van der Waals surface area contributed by atoms with Crippen molar-refractivity contribution in [3.63, 3.8) is 0 Å². The second-order valence-corrected chi connectivity index (χ2v) is 8.63. The van der Waals surface area contributed by atoms with Crippen molar-refractivity contribution in [1.82, 2.24) is 9.80 Å². The lowest BCUT2D eigenvalue weighted by Gasteiger charge is -2.48. The van der Waals surface area contributed by atoms with Gasteiger partial charge in [0.15, 0.2) is 0 Å². The van der Waals surface area contributed by atoms with Crippen molar-refractivity contribution < 1.29 is 19.1 Å². The molecule has 6 nitrogen and oxygen atoms in total. The summed E-state index contributed by atoms with van der Waals surface area (Å²) in [4.78, 5) is 42.4. The van der Waals surface area contributed by atoms with Crippen LogP contribution in [0.3, 0.4) is 0 Å². The second-order valence-electron chi connectivity index (χ2n) is 8.63. The van der Waals surface area contributed by atoms with Crippen LogP contribution in [-0.2, 0) is 24.5 Å². The highest BCUT2D eigenvalue weighted by Gasteiger charge is 2.54. The van der Waals surface area contributed by atoms with E-state index in [-0.39, 0.29) is 35.6 Å². The maximum Gasteiger partial charge on any atom is 0.233 e. The van der Waals surface area contributed by atoms with E-state index in [2.05, 4.69) is 0 Å². The van der Waals surface area contributed by atoms with Gasteiger partial charge in [-0.05, 0) is 31.2 Å². The number of likely N-dealkylation sites (tertiary alicyclic amines) is 2. The Morgan fingerprint density at radius 1 is 0.931 bits per heavy atom. The lowest BCUT2D eigenvalue weighted by Crippen LogP contribution is -2.66. The summed E-state index contributed by atoms with van der Waals surface area (Å²) in [7, 11) is 0. The van der Waals surface area contributed by atoms with Crippen molar-refractivity contribution in [1.29, 1.82) is 0 Å². The third-order valence-corrected chi connectivity index (χ3v) is 7.14. The van der Waals surface area contributed by atoms with Gasteiger partial charge in [0.25, 0.3) is 0 Å². The average Bonchev–Trinajstić information content (AvgIpc) is 2.99. The van der Waals surface area contributed by atoms with Crippen LogP contribution in [0.15, 0.2) is 42.5 Å². The molecule has 6 heteroatoms. The van der Waals surface area contributed by atoms with Gasteiger partial charge in [0, 0.05) is 26.3 Å². The first-order chi connectivity index (χ1) is 14.1. The lowest BCUT2D eigenvalue weighted by atomic mass is 9.72. The molecule has 2 unspecified atom stereocenters. The van der Waals surface area contributed by atoms with Gasteiger partial charge in [-0.1, -0.05) is 42.5 Å². The average molecular weight is 394 g/mol. The topological polar surface area (TPSA) is 66.9 Å². The molecule has 3 aliphatic heterocycles. The Balaban J connectivity index is 1.32. The largest absolute Gasteiger partial charge is 0.381 e. The summed E-state index contributed by atoms with van der Waals surface area (Å²) < 4.78 is 5.54. The fraction of sp³-hybridized carbons (Fsp3) is 0.522. The molecule has 29 heavy (non-hydrogen) atoms. The van der Waals surface area contributed by atoms with Crippen molar-refractivity contribution in [3.05, 3.63) is 48.0 Å². The first kappa shape index (κ1) is 18.6. The van der Waals surface area contributed by atoms with Crippen molar-refractivity contribution in [3.8, 4) is 0 Å². The summed E-state index contributed by atoms with van der Waals surface area (Å²) in [5, 5.41) is 0. The number of hydrogen-bond acceptors (Lipinski definition) is 4. The maximum absolute atomic E-state index is 13.5. The van der Waals surface area contributed by atoms with Gasteiger partial charge in [0.05, 0.1) is 23.3 Å². The molecule has 0 saturated carbocycles.